The molecule has 2 rings (SSSR count). The molecule has 1 N–H and O–H groups in total. The molecule has 3 heteroatoms. The van der Waals surface area contributed by atoms with Crippen molar-refractivity contribution >= 4 is 15.9 Å². The average Bonchev–Trinajstić information content (AvgIpc) is 2.18. The second-order valence-corrected chi connectivity index (χ2v) is 4.84. The Labute approximate surface area is 99.1 Å². The fourth-order valence-electron chi connectivity index (χ4n) is 1.76. The third-order valence-corrected chi connectivity index (χ3v) is 3.71. The summed E-state index contributed by atoms with van der Waals surface area (Å²) in [7, 11) is 2.01. The molecule has 0 unspecified atom stereocenters. The standard InChI is InChI=1S/C12H16BrNO/c1-14-10-6-11(7-10)15-8-9-4-2-3-5-12(9)13/h2-5,10-11,14H,6-8H2,1H3. The summed E-state index contributed by atoms with van der Waals surface area (Å²) in [5.41, 5.74) is 1.23. The van der Waals surface area contributed by atoms with Crippen molar-refractivity contribution in [2.75, 3.05) is 7.05 Å². The maximum Gasteiger partial charge on any atom is 0.0731 e. The van der Waals surface area contributed by atoms with Crippen LogP contribution >= 0.6 is 15.9 Å². The summed E-state index contributed by atoms with van der Waals surface area (Å²) in [6, 6.07) is 8.87. The summed E-state index contributed by atoms with van der Waals surface area (Å²) in [6.07, 6.45) is 2.72. The minimum Gasteiger partial charge on any atom is -0.373 e. The molecule has 15 heavy (non-hydrogen) atoms. The monoisotopic (exact) mass is 269 g/mol. The first-order valence-corrected chi connectivity index (χ1v) is 6.11. The molecule has 1 fully saturated rings. The fourth-order valence-corrected chi connectivity index (χ4v) is 2.16. The lowest BCUT2D eigenvalue weighted by Gasteiger charge is -2.34. The van der Waals surface area contributed by atoms with Gasteiger partial charge in [-0.1, -0.05) is 34.1 Å². The van der Waals surface area contributed by atoms with Crippen LogP contribution in [0.2, 0.25) is 0 Å². The van der Waals surface area contributed by atoms with Gasteiger partial charge in [-0.25, -0.2) is 0 Å². The fraction of sp³-hybridized carbons (Fsp3) is 0.500. The van der Waals surface area contributed by atoms with Crippen molar-refractivity contribution in [1.29, 1.82) is 0 Å². The van der Waals surface area contributed by atoms with E-state index in [1.54, 1.807) is 0 Å². The van der Waals surface area contributed by atoms with E-state index in [1.807, 2.05) is 19.2 Å². The largest absolute Gasteiger partial charge is 0.373 e. The smallest absolute Gasteiger partial charge is 0.0731 e. The number of ether oxygens (including phenoxy) is 1. The molecule has 1 aromatic rings. The van der Waals surface area contributed by atoms with E-state index in [0.29, 0.717) is 18.8 Å². The molecular weight excluding hydrogens is 254 g/mol. The average molecular weight is 270 g/mol. The van der Waals surface area contributed by atoms with Gasteiger partial charge < -0.3 is 10.1 Å². The van der Waals surface area contributed by atoms with E-state index >= 15 is 0 Å². The van der Waals surface area contributed by atoms with Gasteiger partial charge in [0.05, 0.1) is 12.7 Å². The Kier molecular flexibility index (Phi) is 3.78. The quantitative estimate of drug-likeness (QED) is 0.908. The Morgan fingerprint density at radius 1 is 1.40 bits per heavy atom. The van der Waals surface area contributed by atoms with Crippen LogP contribution in [0.4, 0.5) is 0 Å². The van der Waals surface area contributed by atoms with E-state index in [1.165, 1.54) is 5.56 Å². The van der Waals surface area contributed by atoms with Gasteiger partial charge in [0.15, 0.2) is 0 Å². The van der Waals surface area contributed by atoms with Gasteiger partial charge in [-0.15, -0.1) is 0 Å². The molecule has 0 saturated heterocycles. The van der Waals surface area contributed by atoms with E-state index in [-0.39, 0.29) is 0 Å². The first-order chi connectivity index (χ1) is 7.29. The van der Waals surface area contributed by atoms with Crippen LogP contribution in [0.3, 0.4) is 0 Å². The van der Waals surface area contributed by atoms with Crippen LogP contribution in [-0.2, 0) is 11.3 Å². The molecule has 0 radical (unpaired) electrons. The molecule has 82 valence electrons. The van der Waals surface area contributed by atoms with Gasteiger partial charge in [-0.05, 0) is 31.5 Å². The first-order valence-electron chi connectivity index (χ1n) is 5.32. The predicted molar refractivity (Wildman–Crippen MR) is 64.8 cm³/mol. The van der Waals surface area contributed by atoms with Crippen molar-refractivity contribution in [3.8, 4) is 0 Å². The Balaban J connectivity index is 1.77. The van der Waals surface area contributed by atoms with Gasteiger partial charge in [0, 0.05) is 10.5 Å². The molecule has 0 aliphatic heterocycles. The van der Waals surface area contributed by atoms with E-state index in [9.17, 15) is 0 Å². The highest BCUT2D eigenvalue weighted by Crippen LogP contribution is 2.25. The molecule has 1 saturated carbocycles. The van der Waals surface area contributed by atoms with Gasteiger partial charge in [0.2, 0.25) is 0 Å². The number of hydrogen-bond acceptors (Lipinski definition) is 2. The third-order valence-electron chi connectivity index (χ3n) is 2.94. The molecule has 2 nitrogen and oxygen atoms in total. The van der Waals surface area contributed by atoms with Crippen molar-refractivity contribution in [3.05, 3.63) is 34.3 Å². The summed E-state index contributed by atoms with van der Waals surface area (Å²) in [4.78, 5) is 0. The molecule has 0 aromatic heterocycles. The molecule has 0 amide bonds. The van der Waals surface area contributed by atoms with Gasteiger partial charge in [0.1, 0.15) is 0 Å². The van der Waals surface area contributed by atoms with Gasteiger partial charge in [-0.3, -0.25) is 0 Å². The lowest BCUT2D eigenvalue weighted by molar-refractivity contribution is -0.0252. The topological polar surface area (TPSA) is 21.3 Å². The minimum absolute atomic E-state index is 0.439. The van der Waals surface area contributed by atoms with E-state index in [4.69, 9.17) is 4.74 Å². The van der Waals surface area contributed by atoms with Crippen molar-refractivity contribution in [3.63, 3.8) is 0 Å². The summed E-state index contributed by atoms with van der Waals surface area (Å²) < 4.78 is 6.94. The van der Waals surface area contributed by atoms with Crippen LogP contribution < -0.4 is 5.32 Å². The Morgan fingerprint density at radius 2 is 2.13 bits per heavy atom. The van der Waals surface area contributed by atoms with Crippen LogP contribution in [0.25, 0.3) is 0 Å². The zero-order valence-electron chi connectivity index (χ0n) is 8.87. The number of halogens is 1. The minimum atomic E-state index is 0.439. The number of rotatable bonds is 4. The molecule has 0 heterocycles. The summed E-state index contributed by atoms with van der Waals surface area (Å²) in [6.45, 7) is 0.711. The maximum atomic E-state index is 5.81. The van der Waals surface area contributed by atoms with Crippen LogP contribution in [0.1, 0.15) is 18.4 Å². The maximum absolute atomic E-state index is 5.81. The van der Waals surface area contributed by atoms with Crippen molar-refractivity contribution in [1.82, 2.24) is 5.32 Å². The lowest BCUT2D eigenvalue weighted by atomic mass is 9.89. The van der Waals surface area contributed by atoms with Crippen molar-refractivity contribution in [2.24, 2.45) is 0 Å². The highest BCUT2D eigenvalue weighted by Gasteiger charge is 2.28. The molecule has 0 bridgehead atoms. The Morgan fingerprint density at radius 3 is 2.80 bits per heavy atom. The predicted octanol–water partition coefficient (Wildman–Crippen LogP) is 2.72. The van der Waals surface area contributed by atoms with Crippen LogP contribution in [0, 0.1) is 0 Å². The van der Waals surface area contributed by atoms with E-state index in [2.05, 4.69) is 33.4 Å². The zero-order chi connectivity index (χ0) is 10.7. The number of hydrogen-bond donors (Lipinski definition) is 1. The van der Waals surface area contributed by atoms with E-state index < -0.39 is 0 Å². The second-order valence-electron chi connectivity index (χ2n) is 3.98. The molecular formula is C12H16BrNO. The van der Waals surface area contributed by atoms with E-state index in [0.717, 1.165) is 17.3 Å². The summed E-state index contributed by atoms with van der Waals surface area (Å²) >= 11 is 3.52. The van der Waals surface area contributed by atoms with Crippen LogP contribution in [0.15, 0.2) is 28.7 Å². The highest BCUT2D eigenvalue weighted by atomic mass is 79.9. The molecule has 1 aliphatic rings. The van der Waals surface area contributed by atoms with Crippen molar-refractivity contribution in [2.45, 2.75) is 31.6 Å². The summed E-state index contributed by atoms with van der Waals surface area (Å²) in [5.74, 6) is 0. The van der Waals surface area contributed by atoms with Crippen LogP contribution in [0.5, 0.6) is 0 Å². The first kappa shape index (κ1) is 11.1. The lowest BCUT2D eigenvalue weighted by Crippen LogP contribution is -2.43. The molecule has 0 atom stereocenters. The normalized spacial score (nSPS) is 24.9. The Hall–Kier alpha value is -0.380. The number of benzene rings is 1. The number of nitrogens with one attached hydrogen (secondary N) is 1. The van der Waals surface area contributed by atoms with Crippen LogP contribution in [-0.4, -0.2) is 19.2 Å². The highest BCUT2D eigenvalue weighted by molar-refractivity contribution is 9.10. The van der Waals surface area contributed by atoms with Gasteiger partial charge in [0.25, 0.3) is 0 Å². The molecule has 0 spiro atoms. The zero-order valence-corrected chi connectivity index (χ0v) is 10.5. The molecule has 1 aromatic carbocycles. The molecule has 1 aliphatic carbocycles. The second kappa shape index (κ2) is 5.10. The van der Waals surface area contributed by atoms with Gasteiger partial charge >= 0.3 is 0 Å². The van der Waals surface area contributed by atoms with Gasteiger partial charge in [-0.2, -0.15) is 0 Å². The van der Waals surface area contributed by atoms with Crippen molar-refractivity contribution < 1.29 is 4.74 Å². The summed E-state index contributed by atoms with van der Waals surface area (Å²) in [5, 5.41) is 3.25. The SMILES string of the molecule is CNC1CC(OCc2ccccc2Br)C1. The Bertz CT molecular complexity index is 323. The third kappa shape index (κ3) is 2.80.